The minimum Gasteiger partial charge on any atom is -0.494 e. The Morgan fingerprint density at radius 2 is 2.08 bits per heavy atom. The summed E-state index contributed by atoms with van der Waals surface area (Å²) in [5.74, 6) is 0.851. The number of ether oxygens (including phenoxy) is 2. The van der Waals surface area contributed by atoms with Gasteiger partial charge in [-0.3, -0.25) is 0 Å². The molecular formula is C20H26N2O3S. The standard InChI is InChI=1S/C20H26N2O3S/c1-4-24-16-10-6-5-9-14(16)18-17(13(3)21-20(26)22-18)19(23)25-15-11-7-8-12(15)2/h5-6,9-10,12,15,18H,4,7-8,11H2,1-3H3,(H2,21,22,26)/t12-,15-,18+/m1/s1. The molecule has 140 valence electrons. The molecule has 1 aliphatic carbocycles. The molecule has 0 radical (unpaired) electrons. The number of para-hydroxylation sites is 1. The van der Waals surface area contributed by atoms with Crippen LogP contribution in [0.25, 0.3) is 0 Å². The lowest BCUT2D eigenvalue weighted by molar-refractivity contribution is -0.146. The van der Waals surface area contributed by atoms with Crippen molar-refractivity contribution in [3.05, 3.63) is 41.1 Å². The highest BCUT2D eigenvalue weighted by Gasteiger charge is 2.35. The van der Waals surface area contributed by atoms with E-state index in [1.807, 2.05) is 38.1 Å². The zero-order chi connectivity index (χ0) is 18.7. The van der Waals surface area contributed by atoms with Crippen molar-refractivity contribution in [1.29, 1.82) is 0 Å². The van der Waals surface area contributed by atoms with E-state index in [0.29, 0.717) is 23.2 Å². The number of benzene rings is 1. The molecule has 1 aliphatic heterocycles. The molecule has 0 spiro atoms. The van der Waals surface area contributed by atoms with Crippen molar-refractivity contribution in [2.45, 2.75) is 52.2 Å². The van der Waals surface area contributed by atoms with Crippen LogP contribution in [0.2, 0.25) is 0 Å². The highest BCUT2D eigenvalue weighted by molar-refractivity contribution is 7.80. The Morgan fingerprint density at radius 1 is 1.31 bits per heavy atom. The summed E-state index contributed by atoms with van der Waals surface area (Å²) in [4.78, 5) is 13.0. The first-order valence-corrected chi connectivity index (χ1v) is 9.63. The van der Waals surface area contributed by atoms with Gasteiger partial charge in [0.1, 0.15) is 11.9 Å². The predicted molar refractivity (Wildman–Crippen MR) is 105 cm³/mol. The highest BCUT2D eigenvalue weighted by atomic mass is 32.1. The molecule has 3 rings (SSSR count). The molecule has 5 nitrogen and oxygen atoms in total. The first-order chi connectivity index (χ1) is 12.5. The number of carbonyl (C=O) groups is 1. The lowest BCUT2D eigenvalue weighted by Gasteiger charge is -2.31. The van der Waals surface area contributed by atoms with Gasteiger partial charge in [-0.25, -0.2) is 4.79 Å². The first-order valence-electron chi connectivity index (χ1n) is 9.22. The van der Waals surface area contributed by atoms with Crippen molar-refractivity contribution in [1.82, 2.24) is 10.6 Å². The van der Waals surface area contributed by atoms with Crippen LogP contribution in [0.15, 0.2) is 35.5 Å². The first kappa shape index (κ1) is 18.7. The van der Waals surface area contributed by atoms with Crippen LogP contribution in [0.3, 0.4) is 0 Å². The second kappa shape index (κ2) is 8.08. The van der Waals surface area contributed by atoms with Gasteiger partial charge < -0.3 is 20.1 Å². The van der Waals surface area contributed by atoms with Crippen molar-refractivity contribution < 1.29 is 14.3 Å². The van der Waals surface area contributed by atoms with E-state index >= 15 is 0 Å². The van der Waals surface area contributed by atoms with Gasteiger partial charge >= 0.3 is 5.97 Å². The van der Waals surface area contributed by atoms with Gasteiger partial charge in [-0.05, 0) is 57.3 Å². The number of hydrogen-bond donors (Lipinski definition) is 2. The molecule has 1 aromatic carbocycles. The van der Waals surface area contributed by atoms with E-state index in [-0.39, 0.29) is 12.1 Å². The van der Waals surface area contributed by atoms with Crippen molar-refractivity contribution in [2.75, 3.05) is 6.61 Å². The van der Waals surface area contributed by atoms with Crippen LogP contribution in [0.5, 0.6) is 5.75 Å². The minimum atomic E-state index is -0.393. The van der Waals surface area contributed by atoms with E-state index in [9.17, 15) is 4.79 Å². The Labute approximate surface area is 160 Å². The van der Waals surface area contributed by atoms with Gasteiger partial charge in [-0.15, -0.1) is 0 Å². The Balaban J connectivity index is 1.93. The summed E-state index contributed by atoms with van der Waals surface area (Å²) in [5, 5.41) is 6.76. The Kier molecular flexibility index (Phi) is 5.81. The molecular weight excluding hydrogens is 348 g/mol. The Bertz CT molecular complexity index is 732. The lowest BCUT2D eigenvalue weighted by atomic mass is 9.94. The van der Waals surface area contributed by atoms with Gasteiger partial charge in [0.2, 0.25) is 0 Å². The second-order valence-corrected chi connectivity index (χ2v) is 7.30. The summed E-state index contributed by atoms with van der Waals surface area (Å²) in [6, 6.07) is 7.32. The zero-order valence-electron chi connectivity index (χ0n) is 15.5. The summed E-state index contributed by atoms with van der Waals surface area (Å²) in [6.07, 6.45) is 3.12. The molecule has 0 aromatic heterocycles. The van der Waals surface area contributed by atoms with Crippen LogP contribution in [0.4, 0.5) is 0 Å². The van der Waals surface area contributed by atoms with E-state index in [2.05, 4.69) is 17.6 Å². The van der Waals surface area contributed by atoms with E-state index in [4.69, 9.17) is 21.7 Å². The SMILES string of the molecule is CCOc1ccccc1[C@@H]1NC(=S)NC(C)=C1C(=O)O[C@@H]1CCC[C@H]1C. The average Bonchev–Trinajstić information content (AvgIpc) is 2.99. The summed E-state index contributed by atoms with van der Waals surface area (Å²) < 4.78 is 11.6. The molecule has 2 N–H and O–H groups in total. The fraction of sp³-hybridized carbons (Fsp3) is 0.500. The van der Waals surface area contributed by atoms with Crippen LogP contribution >= 0.6 is 12.2 Å². The molecule has 1 aromatic rings. The van der Waals surface area contributed by atoms with E-state index in [1.165, 1.54) is 0 Å². The predicted octanol–water partition coefficient (Wildman–Crippen LogP) is 3.61. The van der Waals surface area contributed by atoms with Crippen molar-refractivity contribution in [3.63, 3.8) is 0 Å². The number of allylic oxidation sites excluding steroid dienone is 1. The van der Waals surface area contributed by atoms with Gasteiger partial charge in [0.15, 0.2) is 5.11 Å². The zero-order valence-corrected chi connectivity index (χ0v) is 16.3. The number of carbonyl (C=O) groups excluding carboxylic acids is 1. The molecule has 0 saturated heterocycles. The lowest BCUT2D eigenvalue weighted by Crippen LogP contribution is -2.45. The van der Waals surface area contributed by atoms with Crippen molar-refractivity contribution in [3.8, 4) is 5.75 Å². The number of nitrogens with one attached hydrogen (secondary N) is 2. The monoisotopic (exact) mass is 374 g/mol. The molecule has 1 fully saturated rings. The average molecular weight is 375 g/mol. The summed E-state index contributed by atoms with van der Waals surface area (Å²) >= 11 is 5.32. The van der Waals surface area contributed by atoms with Gasteiger partial charge in [-0.1, -0.05) is 25.1 Å². The molecule has 0 unspecified atom stereocenters. The molecule has 3 atom stereocenters. The van der Waals surface area contributed by atoms with Crippen LogP contribution in [-0.2, 0) is 9.53 Å². The molecule has 1 heterocycles. The van der Waals surface area contributed by atoms with Gasteiger partial charge in [0.05, 0.1) is 18.2 Å². The van der Waals surface area contributed by atoms with Gasteiger partial charge in [0, 0.05) is 11.3 Å². The van der Waals surface area contributed by atoms with E-state index in [0.717, 1.165) is 36.3 Å². The summed E-state index contributed by atoms with van der Waals surface area (Å²) in [7, 11) is 0. The molecule has 2 aliphatic rings. The maximum absolute atomic E-state index is 13.0. The van der Waals surface area contributed by atoms with Crippen molar-refractivity contribution in [2.24, 2.45) is 5.92 Å². The topological polar surface area (TPSA) is 59.6 Å². The highest BCUT2D eigenvalue weighted by Crippen LogP contribution is 2.35. The maximum Gasteiger partial charge on any atom is 0.338 e. The van der Waals surface area contributed by atoms with Crippen LogP contribution < -0.4 is 15.4 Å². The summed E-state index contributed by atoms with van der Waals surface area (Å²) in [5.41, 5.74) is 2.16. The molecule has 0 bridgehead atoms. The third-order valence-electron chi connectivity index (χ3n) is 5.06. The van der Waals surface area contributed by atoms with Crippen LogP contribution in [0.1, 0.15) is 51.6 Å². The normalized spacial score (nSPS) is 25.5. The molecule has 1 saturated carbocycles. The number of thiocarbonyl (C=S) groups is 1. The summed E-state index contributed by atoms with van der Waals surface area (Å²) in [6.45, 7) is 6.49. The van der Waals surface area contributed by atoms with Crippen LogP contribution in [0, 0.1) is 5.92 Å². The smallest absolute Gasteiger partial charge is 0.338 e. The third-order valence-corrected chi connectivity index (χ3v) is 5.28. The molecule has 26 heavy (non-hydrogen) atoms. The second-order valence-electron chi connectivity index (χ2n) is 6.89. The quantitative estimate of drug-likeness (QED) is 0.606. The number of hydrogen-bond acceptors (Lipinski definition) is 4. The third kappa shape index (κ3) is 3.85. The Morgan fingerprint density at radius 3 is 2.77 bits per heavy atom. The fourth-order valence-corrected chi connectivity index (χ4v) is 3.96. The van der Waals surface area contributed by atoms with E-state index in [1.54, 1.807) is 0 Å². The largest absolute Gasteiger partial charge is 0.494 e. The van der Waals surface area contributed by atoms with Crippen LogP contribution in [-0.4, -0.2) is 23.8 Å². The number of esters is 1. The maximum atomic E-state index is 13.0. The van der Waals surface area contributed by atoms with E-state index < -0.39 is 6.04 Å². The molecule has 6 heteroatoms. The fourth-order valence-electron chi connectivity index (χ4n) is 3.69. The van der Waals surface area contributed by atoms with Gasteiger partial charge in [-0.2, -0.15) is 0 Å². The Hall–Kier alpha value is -2.08. The molecule has 0 amide bonds. The van der Waals surface area contributed by atoms with Gasteiger partial charge in [0.25, 0.3) is 0 Å². The number of rotatable bonds is 5. The van der Waals surface area contributed by atoms with Crippen molar-refractivity contribution >= 4 is 23.3 Å². The minimum absolute atomic E-state index is 0.0144.